The van der Waals surface area contributed by atoms with Crippen LogP contribution in [0.5, 0.6) is 0 Å². The Hall–Kier alpha value is -2.18. The van der Waals surface area contributed by atoms with Crippen LogP contribution in [0.2, 0.25) is 0 Å². The molecule has 0 aromatic carbocycles. The fourth-order valence-electron chi connectivity index (χ4n) is 2.13. The molecule has 2 rings (SSSR count). The molecule has 0 unspecified atom stereocenters. The zero-order valence-electron chi connectivity index (χ0n) is 9.57. The van der Waals surface area contributed by atoms with Crippen molar-refractivity contribution >= 4 is 17.5 Å². The summed E-state index contributed by atoms with van der Waals surface area (Å²) in [5, 5.41) is 22.4. The summed E-state index contributed by atoms with van der Waals surface area (Å²) in [6.45, 7) is 0. The molecule has 1 aromatic heterocycles. The largest absolute Gasteiger partial charge is 0.481 e. The van der Waals surface area contributed by atoms with Crippen molar-refractivity contribution in [3.63, 3.8) is 0 Å². The Balaban J connectivity index is 1.94. The van der Waals surface area contributed by atoms with Gasteiger partial charge in [-0.25, -0.2) is 4.98 Å². The maximum Gasteiger partial charge on any atom is 0.306 e. The molecule has 1 aromatic rings. The number of pyridine rings is 1. The number of aliphatic carboxylic acids is 1. The molecule has 0 spiro atoms. The normalized spacial score (nSPS) is 22.7. The number of nitro groups is 1. The quantitative estimate of drug-likeness (QED) is 0.622. The van der Waals surface area contributed by atoms with E-state index in [1.54, 1.807) is 0 Å². The average Bonchev–Trinajstić information content (AvgIpc) is 2.78. The molecule has 0 amide bonds. The van der Waals surface area contributed by atoms with Gasteiger partial charge in [0, 0.05) is 12.1 Å². The van der Waals surface area contributed by atoms with Crippen LogP contribution in [0.1, 0.15) is 19.3 Å². The van der Waals surface area contributed by atoms with Crippen LogP contribution >= 0.6 is 0 Å². The number of anilines is 1. The Bertz CT molecular complexity index is 460. The van der Waals surface area contributed by atoms with Crippen LogP contribution in [0.3, 0.4) is 0 Å². The van der Waals surface area contributed by atoms with E-state index in [2.05, 4.69) is 10.3 Å². The molecule has 1 fully saturated rings. The molecule has 0 saturated heterocycles. The third-order valence-electron chi connectivity index (χ3n) is 3.09. The molecule has 18 heavy (non-hydrogen) atoms. The second kappa shape index (κ2) is 4.99. The second-order valence-electron chi connectivity index (χ2n) is 4.35. The van der Waals surface area contributed by atoms with E-state index in [4.69, 9.17) is 5.11 Å². The van der Waals surface area contributed by atoms with Gasteiger partial charge in [-0.2, -0.15) is 0 Å². The van der Waals surface area contributed by atoms with Crippen molar-refractivity contribution in [2.75, 3.05) is 5.32 Å². The topological polar surface area (TPSA) is 105 Å². The maximum absolute atomic E-state index is 10.8. The summed E-state index contributed by atoms with van der Waals surface area (Å²) in [5.41, 5.74) is -0.0598. The van der Waals surface area contributed by atoms with Crippen molar-refractivity contribution in [1.29, 1.82) is 0 Å². The van der Waals surface area contributed by atoms with E-state index in [1.807, 2.05) is 0 Å². The molecular formula is C11H13N3O4. The minimum Gasteiger partial charge on any atom is -0.481 e. The van der Waals surface area contributed by atoms with Gasteiger partial charge >= 0.3 is 5.97 Å². The molecule has 96 valence electrons. The van der Waals surface area contributed by atoms with E-state index >= 15 is 0 Å². The predicted molar refractivity (Wildman–Crippen MR) is 63.3 cm³/mol. The fraction of sp³-hybridized carbons (Fsp3) is 0.455. The molecule has 7 heteroatoms. The lowest BCUT2D eigenvalue weighted by atomic mass is 10.1. The van der Waals surface area contributed by atoms with E-state index in [0.717, 1.165) is 6.42 Å². The van der Waals surface area contributed by atoms with Crippen LogP contribution in [0.25, 0.3) is 0 Å². The molecule has 1 saturated carbocycles. The van der Waals surface area contributed by atoms with Gasteiger partial charge in [0.05, 0.1) is 10.8 Å². The average molecular weight is 251 g/mol. The molecule has 1 aliphatic carbocycles. The first-order valence-electron chi connectivity index (χ1n) is 5.66. The highest BCUT2D eigenvalue weighted by Gasteiger charge is 2.29. The lowest BCUT2D eigenvalue weighted by Gasteiger charge is -2.12. The number of carboxylic acid groups (broad SMARTS) is 1. The molecule has 0 bridgehead atoms. The molecule has 0 aliphatic heterocycles. The van der Waals surface area contributed by atoms with Crippen LogP contribution in [0, 0.1) is 16.0 Å². The molecule has 2 atom stereocenters. The van der Waals surface area contributed by atoms with Crippen LogP contribution in [0.15, 0.2) is 18.3 Å². The number of carboxylic acids is 1. The van der Waals surface area contributed by atoms with Crippen LogP contribution in [-0.2, 0) is 4.79 Å². The first-order valence-corrected chi connectivity index (χ1v) is 5.66. The van der Waals surface area contributed by atoms with Crippen molar-refractivity contribution in [2.24, 2.45) is 5.92 Å². The summed E-state index contributed by atoms with van der Waals surface area (Å²) >= 11 is 0. The SMILES string of the molecule is O=C(O)[C@@H]1CC[C@H](Nc2ccc([N+](=O)[O-])cn2)C1. The van der Waals surface area contributed by atoms with Gasteiger partial charge in [0.25, 0.3) is 5.69 Å². The maximum atomic E-state index is 10.8. The van der Waals surface area contributed by atoms with Crippen molar-refractivity contribution in [3.05, 3.63) is 28.4 Å². The number of nitrogens with zero attached hydrogens (tertiary/aromatic N) is 2. The van der Waals surface area contributed by atoms with E-state index in [9.17, 15) is 14.9 Å². The molecular weight excluding hydrogens is 238 g/mol. The third-order valence-corrected chi connectivity index (χ3v) is 3.09. The number of hydrogen-bond donors (Lipinski definition) is 2. The number of rotatable bonds is 4. The smallest absolute Gasteiger partial charge is 0.306 e. The minimum absolute atomic E-state index is 0.0598. The number of hydrogen-bond acceptors (Lipinski definition) is 5. The van der Waals surface area contributed by atoms with Gasteiger partial charge in [0.1, 0.15) is 12.0 Å². The summed E-state index contributed by atoms with van der Waals surface area (Å²) in [4.78, 5) is 24.7. The zero-order chi connectivity index (χ0) is 13.1. The highest BCUT2D eigenvalue weighted by atomic mass is 16.6. The summed E-state index contributed by atoms with van der Waals surface area (Å²) in [5.74, 6) is -0.534. The first-order chi connectivity index (χ1) is 8.56. The summed E-state index contributed by atoms with van der Waals surface area (Å²) in [6, 6.07) is 2.98. The predicted octanol–water partition coefficient (Wildman–Crippen LogP) is 1.66. The Labute approximate surface area is 103 Å². The van der Waals surface area contributed by atoms with E-state index < -0.39 is 10.9 Å². The zero-order valence-corrected chi connectivity index (χ0v) is 9.57. The number of aromatic nitrogens is 1. The molecule has 0 radical (unpaired) electrons. The van der Waals surface area contributed by atoms with E-state index in [-0.39, 0.29) is 17.6 Å². The van der Waals surface area contributed by atoms with Crippen LogP contribution in [0.4, 0.5) is 11.5 Å². The van der Waals surface area contributed by atoms with Crippen molar-refractivity contribution < 1.29 is 14.8 Å². The highest BCUT2D eigenvalue weighted by molar-refractivity contribution is 5.70. The van der Waals surface area contributed by atoms with E-state index in [1.165, 1.54) is 18.3 Å². The number of nitrogens with one attached hydrogen (secondary N) is 1. The highest BCUT2D eigenvalue weighted by Crippen LogP contribution is 2.28. The molecule has 1 aliphatic rings. The van der Waals surface area contributed by atoms with Crippen molar-refractivity contribution in [1.82, 2.24) is 4.98 Å². The minimum atomic E-state index is -0.768. The van der Waals surface area contributed by atoms with Gasteiger partial charge in [-0.15, -0.1) is 0 Å². The Morgan fingerprint density at radius 3 is 2.78 bits per heavy atom. The van der Waals surface area contributed by atoms with Gasteiger partial charge in [-0.05, 0) is 25.3 Å². The first kappa shape index (κ1) is 12.3. The summed E-state index contributed by atoms with van der Waals surface area (Å²) in [7, 11) is 0. The van der Waals surface area contributed by atoms with Crippen LogP contribution in [-0.4, -0.2) is 27.0 Å². The Morgan fingerprint density at radius 1 is 1.50 bits per heavy atom. The van der Waals surface area contributed by atoms with Gasteiger partial charge in [-0.1, -0.05) is 0 Å². The Morgan fingerprint density at radius 2 is 2.28 bits per heavy atom. The summed E-state index contributed by atoms with van der Waals surface area (Å²) in [6.07, 6.45) is 3.18. The van der Waals surface area contributed by atoms with Crippen molar-refractivity contribution in [2.45, 2.75) is 25.3 Å². The molecule has 1 heterocycles. The molecule has 7 nitrogen and oxygen atoms in total. The monoisotopic (exact) mass is 251 g/mol. The van der Waals surface area contributed by atoms with E-state index in [0.29, 0.717) is 18.7 Å². The Kier molecular flexibility index (Phi) is 3.40. The van der Waals surface area contributed by atoms with Gasteiger partial charge < -0.3 is 10.4 Å². The lowest BCUT2D eigenvalue weighted by molar-refractivity contribution is -0.385. The van der Waals surface area contributed by atoms with Gasteiger partial charge in [0.2, 0.25) is 0 Å². The third kappa shape index (κ3) is 2.73. The number of carbonyl (C=O) groups is 1. The lowest BCUT2D eigenvalue weighted by Crippen LogP contribution is -2.18. The standard InChI is InChI=1S/C11H13N3O4/c15-11(16)7-1-2-8(5-7)13-10-4-3-9(6-12-10)14(17)18/h3-4,6-8H,1-2,5H2,(H,12,13)(H,15,16)/t7-,8+/m1/s1. The van der Waals surface area contributed by atoms with Gasteiger partial charge in [0.15, 0.2) is 0 Å². The van der Waals surface area contributed by atoms with Crippen LogP contribution < -0.4 is 5.32 Å². The fourth-order valence-corrected chi connectivity index (χ4v) is 2.13. The van der Waals surface area contributed by atoms with Crippen molar-refractivity contribution in [3.8, 4) is 0 Å². The summed E-state index contributed by atoms with van der Waals surface area (Å²) < 4.78 is 0. The van der Waals surface area contributed by atoms with Gasteiger partial charge in [-0.3, -0.25) is 14.9 Å². The molecule has 2 N–H and O–H groups in total. The second-order valence-corrected chi connectivity index (χ2v) is 4.35.